The quantitative estimate of drug-likeness (QED) is 0.903. The van der Waals surface area contributed by atoms with Crippen molar-refractivity contribution in [2.24, 2.45) is 5.92 Å². The van der Waals surface area contributed by atoms with E-state index in [1.54, 1.807) is 0 Å². The summed E-state index contributed by atoms with van der Waals surface area (Å²) in [6.45, 7) is 1.48. The van der Waals surface area contributed by atoms with E-state index in [1.807, 2.05) is 24.3 Å². The molecule has 0 spiro atoms. The Balaban J connectivity index is 1.80. The average molecular weight is 326 g/mol. The molecular formula is C19H18O3S. The molecule has 3 nitrogen and oxygen atoms in total. The van der Waals surface area contributed by atoms with Crippen LogP contribution in [0.3, 0.4) is 0 Å². The zero-order valence-corrected chi connectivity index (χ0v) is 13.7. The lowest BCUT2D eigenvalue weighted by Gasteiger charge is -2.34. The summed E-state index contributed by atoms with van der Waals surface area (Å²) in [5.74, 6) is -0.963. The second-order valence-electron chi connectivity index (χ2n) is 5.84. The molecule has 2 aromatic carbocycles. The van der Waals surface area contributed by atoms with Crippen molar-refractivity contribution in [2.45, 2.75) is 19.3 Å². The maximum Gasteiger partial charge on any atom is 0.307 e. The predicted octanol–water partition coefficient (Wildman–Crippen LogP) is 3.97. The van der Waals surface area contributed by atoms with Crippen LogP contribution in [0, 0.1) is 5.92 Å². The highest BCUT2D eigenvalue weighted by Gasteiger charge is 2.37. The molecule has 3 rings (SSSR count). The van der Waals surface area contributed by atoms with Crippen molar-refractivity contribution >= 4 is 22.8 Å². The van der Waals surface area contributed by atoms with Crippen molar-refractivity contribution in [2.75, 3.05) is 5.75 Å². The van der Waals surface area contributed by atoms with Crippen LogP contribution < -0.4 is 0 Å². The molecule has 0 bridgehead atoms. The van der Waals surface area contributed by atoms with Crippen molar-refractivity contribution in [3.05, 3.63) is 59.7 Å². The number of carboxylic acids is 1. The van der Waals surface area contributed by atoms with Gasteiger partial charge in [0.15, 0.2) is 5.12 Å². The summed E-state index contributed by atoms with van der Waals surface area (Å²) in [5.41, 5.74) is 4.66. The van der Waals surface area contributed by atoms with Crippen LogP contribution in [0.25, 0.3) is 11.1 Å². The van der Waals surface area contributed by atoms with Gasteiger partial charge in [-0.3, -0.25) is 9.59 Å². The van der Waals surface area contributed by atoms with E-state index in [2.05, 4.69) is 24.3 Å². The number of carbonyl (C=O) groups excluding carboxylic acids is 1. The van der Waals surface area contributed by atoms with E-state index < -0.39 is 11.9 Å². The summed E-state index contributed by atoms with van der Waals surface area (Å²) >= 11 is 1.10. The highest BCUT2D eigenvalue weighted by molar-refractivity contribution is 8.13. The minimum atomic E-state index is -0.818. The molecule has 0 heterocycles. The van der Waals surface area contributed by atoms with E-state index in [9.17, 15) is 14.7 Å². The number of fused-ring (bicyclic) bond motifs is 1. The normalized spacial score (nSPS) is 17.0. The second kappa shape index (κ2) is 6.59. The largest absolute Gasteiger partial charge is 0.481 e. The minimum Gasteiger partial charge on any atom is -0.481 e. The third-order valence-corrected chi connectivity index (χ3v) is 5.29. The molecule has 2 aromatic rings. The molecule has 1 N–H and O–H groups in total. The monoisotopic (exact) mass is 326 g/mol. The van der Waals surface area contributed by atoms with E-state index in [0.717, 1.165) is 29.3 Å². The number of carbonyl (C=O) groups is 2. The van der Waals surface area contributed by atoms with Crippen molar-refractivity contribution in [1.82, 2.24) is 0 Å². The minimum absolute atomic E-state index is 0.0131. The highest BCUT2D eigenvalue weighted by Crippen LogP contribution is 2.43. The van der Waals surface area contributed by atoms with E-state index in [0.29, 0.717) is 5.75 Å². The second-order valence-corrected chi connectivity index (χ2v) is 7.03. The third-order valence-electron chi connectivity index (χ3n) is 4.36. The number of carboxylic acid groups (broad SMARTS) is 1. The highest BCUT2D eigenvalue weighted by atomic mass is 32.2. The number of hydrogen-bond acceptors (Lipinski definition) is 3. The number of rotatable bonds is 5. The van der Waals surface area contributed by atoms with Crippen molar-refractivity contribution in [1.29, 1.82) is 0 Å². The van der Waals surface area contributed by atoms with E-state index in [4.69, 9.17) is 0 Å². The van der Waals surface area contributed by atoms with Crippen molar-refractivity contribution < 1.29 is 14.7 Å². The van der Waals surface area contributed by atoms with Crippen LogP contribution >= 0.6 is 11.8 Å². The number of hydrogen-bond donors (Lipinski definition) is 1. The maximum atomic E-state index is 11.5. The first-order chi connectivity index (χ1) is 11.1. The maximum absolute atomic E-state index is 11.5. The topological polar surface area (TPSA) is 54.4 Å². The average Bonchev–Trinajstić information content (AvgIpc) is 2.51. The van der Waals surface area contributed by atoms with Crippen molar-refractivity contribution in [3.63, 3.8) is 0 Å². The fourth-order valence-corrected chi connectivity index (χ4v) is 3.89. The predicted molar refractivity (Wildman–Crippen MR) is 92.6 cm³/mol. The summed E-state index contributed by atoms with van der Waals surface area (Å²) < 4.78 is 0. The SMILES string of the molecule is CC(=O)SC[C@H](C(=O)O)[C@@H]1Cc2cc(-c3ccccc3)ccc21. The lowest BCUT2D eigenvalue weighted by Crippen LogP contribution is -2.32. The van der Waals surface area contributed by atoms with Gasteiger partial charge in [-0.2, -0.15) is 0 Å². The third kappa shape index (κ3) is 3.32. The van der Waals surface area contributed by atoms with Crippen LogP contribution in [0.5, 0.6) is 0 Å². The van der Waals surface area contributed by atoms with Gasteiger partial charge in [-0.05, 0) is 28.7 Å². The van der Waals surface area contributed by atoms with Crippen LogP contribution in [-0.4, -0.2) is 21.9 Å². The van der Waals surface area contributed by atoms with Gasteiger partial charge in [-0.1, -0.05) is 60.3 Å². The molecule has 1 aliphatic rings. The van der Waals surface area contributed by atoms with Gasteiger partial charge in [-0.15, -0.1) is 0 Å². The molecule has 0 unspecified atom stereocenters. The Morgan fingerprint density at radius 2 is 1.91 bits per heavy atom. The van der Waals surface area contributed by atoms with E-state index in [1.165, 1.54) is 18.1 Å². The van der Waals surface area contributed by atoms with Crippen LogP contribution in [0.15, 0.2) is 48.5 Å². The van der Waals surface area contributed by atoms with Gasteiger partial charge in [0, 0.05) is 18.6 Å². The molecule has 4 heteroatoms. The summed E-state index contributed by atoms with van der Waals surface area (Å²) in [6, 6.07) is 16.4. The Hall–Kier alpha value is -2.07. The van der Waals surface area contributed by atoms with Crippen LogP contribution in [0.4, 0.5) is 0 Å². The number of aliphatic carboxylic acids is 1. The van der Waals surface area contributed by atoms with Gasteiger partial charge in [0.05, 0.1) is 5.92 Å². The zero-order valence-electron chi connectivity index (χ0n) is 12.9. The first kappa shape index (κ1) is 15.8. The molecule has 0 amide bonds. The molecule has 0 saturated carbocycles. The molecule has 118 valence electrons. The van der Waals surface area contributed by atoms with Crippen LogP contribution in [0.1, 0.15) is 24.0 Å². The van der Waals surface area contributed by atoms with Gasteiger partial charge in [0.1, 0.15) is 0 Å². The van der Waals surface area contributed by atoms with Crippen molar-refractivity contribution in [3.8, 4) is 11.1 Å². The summed E-state index contributed by atoms with van der Waals surface area (Å²) in [4.78, 5) is 22.6. The number of benzene rings is 2. The van der Waals surface area contributed by atoms with Gasteiger partial charge in [0.2, 0.25) is 0 Å². The molecule has 0 radical (unpaired) electrons. The summed E-state index contributed by atoms with van der Waals surface area (Å²) in [7, 11) is 0. The first-order valence-electron chi connectivity index (χ1n) is 7.60. The molecule has 1 aliphatic carbocycles. The molecule has 0 saturated heterocycles. The van der Waals surface area contributed by atoms with Gasteiger partial charge >= 0.3 is 5.97 Å². The Morgan fingerprint density at radius 1 is 1.17 bits per heavy atom. The Bertz CT molecular complexity index is 740. The first-order valence-corrected chi connectivity index (χ1v) is 8.59. The Kier molecular flexibility index (Phi) is 4.53. The van der Waals surface area contributed by atoms with E-state index >= 15 is 0 Å². The smallest absolute Gasteiger partial charge is 0.307 e. The fraction of sp³-hybridized carbons (Fsp3) is 0.263. The molecule has 23 heavy (non-hydrogen) atoms. The van der Waals surface area contributed by atoms with E-state index in [-0.39, 0.29) is 11.0 Å². The Morgan fingerprint density at radius 3 is 2.52 bits per heavy atom. The lowest BCUT2D eigenvalue weighted by atomic mass is 9.70. The standard InChI is InChI=1S/C19H18O3S/c1-12(20)23-11-18(19(21)22)17-10-15-9-14(7-8-16(15)17)13-5-3-2-4-6-13/h2-9,17-18H,10-11H2,1H3,(H,21,22)/t17-,18+/m1/s1. The summed E-state index contributed by atoms with van der Waals surface area (Å²) in [6.07, 6.45) is 0.769. The lowest BCUT2D eigenvalue weighted by molar-refractivity contribution is -0.141. The van der Waals surface area contributed by atoms with Crippen LogP contribution in [-0.2, 0) is 16.0 Å². The molecule has 2 atom stereocenters. The van der Waals surface area contributed by atoms with Gasteiger partial charge < -0.3 is 5.11 Å². The molecule has 0 aromatic heterocycles. The van der Waals surface area contributed by atoms with Gasteiger partial charge in [-0.25, -0.2) is 0 Å². The van der Waals surface area contributed by atoms with Gasteiger partial charge in [0.25, 0.3) is 0 Å². The number of thioether (sulfide) groups is 1. The molecule has 0 aliphatic heterocycles. The Labute approximate surface area is 139 Å². The van der Waals surface area contributed by atoms with Crippen LogP contribution in [0.2, 0.25) is 0 Å². The fourth-order valence-electron chi connectivity index (χ4n) is 3.10. The zero-order chi connectivity index (χ0) is 16.4. The molecular weight excluding hydrogens is 308 g/mol. The summed E-state index contributed by atoms with van der Waals surface area (Å²) in [5, 5.41) is 9.42. The molecule has 0 fully saturated rings.